The molecule has 51 valence electrons. The van der Waals surface area contributed by atoms with Gasteiger partial charge in [0.1, 0.15) is 19.6 Å². The fourth-order valence-electron chi connectivity index (χ4n) is 2.19. The van der Waals surface area contributed by atoms with Crippen molar-refractivity contribution < 1.29 is 0 Å². The molecule has 0 saturated carbocycles. The zero-order chi connectivity index (χ0) is 6.10. The summed E-state index contributed by atoms with van der Waals surface area (Å²) in [6.07, 6.45) is 5.95. The SMILES string of the molecule is C1CC2CCC[N+](C1)C2. The molecular weight excluding hydrogens is 110 g/mol. The smallest absolute Gasteiger partial charge is 0.125 e. The largest absolute Gasteiger partial charge is 0.170 e. The summed E-state index contributed by atoms with van der Waals surface area (Å²) >= 11 is 0. The molecular formula is C8H15N+. The third-order valence-corrected chi connectivity index (χ3v) is 2.69. The van der Waals surface area contributed by atoms with Crippen LogP contribution < -0.4 is 4.90 Å². The van der Waals surface area contributed by atoms with E-state index in [0.717, 1.165) is 5.92 Å². The molecule has 0 N–H and O–H groups in total. The zero-order valence-electron chi connectivity index (χ0n) is 5.97. The molecule has 2 bridgehead atoms. The Labute approximate surface area is 57.0 Å². The summed E-state index contributed by atoms with van der Waals surface area (Å²) in [5.41, 5.74) is 0. The monoisotopic (exact) mass is 125 g/mol. The summed E-state index contributed by atoms with van der Waals surface area (Å²) in [6, 6.07) is 0. The first-order valence-corrected chi connectivity index (χ1v) is 4.17. The van der Waals surface area contributed by atoms with Crippen molar-refractivity contribution in [3.63, 3.8) is 0 Å². The van der Waals surface area contributed by atoms with Gasteiger partial charge >= 0.3 is 0 Å². The first-order chi connectivity index (χ1) is 4.45. The Bertz CT molecular complexity index is 80.7. The molecule has 1 radical (unpaired) electrons. The molecule has 0 aromatic carbocycles. The van der Waals surface area contributed by atoms with E-state index in [1.165, 1.54) is 45.3 Å². The lowest BCUT2D eigenvalue weighted by Crippen LogP contribution is -2.44. The van der Waals surface area contributed by atoms with E-state index in [9.17, 15) is 0 Å². The maximum Gasteiger partial charge on any atom is 0.125 e. The van der Waals surface area contributed by atoms with E-state index in [2.05, 4.69) is 4.90 Å². The van der Waals surface area contributed by atoms with Crippen LogP contribution in [-0.2, 0) is 0 Å². The van der Waals surface area contributed by atoms with Gasteiger partial charge in [-0.15, -0.1) is 0 Å². The minimum Gasteiger partial charge on any atom is -0.170 e. The minimum absolute atomic E-state index is 1.08. The Balaban J connectivity index is 1.96. The number of piperidine rings is 2. The van der Waals surface area contributed by atoms with Gasteiger partial charge in [-0.1, -0.05) is 0 Å². The van der Waals surface area contributed by atoms with Crippen LogP contribution in [0.4, 0.5) is 0 Å². The van der Waals surface area contributed by atoms with Crippen molar-refractivity contribution >= 4 is 0 Å². The van der Waals surface area contributed by atoms with Gasteiger partial charge in [0.05, 0.1) is 0 Å². The summed E-state index contributed by atoms with van der Waals surface area (Å²) in [5.74, 6) is 1.08. The molecule has 2 aliphatic heterocycles. The topological polar surface area (TPSA) is 5.90 Å². The van der Waals surface area contributed by atoms with Crippen molar-refractivity contribution in [2.75, 3.05) is 19.6 Å². The molecule has 0 atom stereocenters. The first-order valence-electron chi connectivity index (χ1n) is 4.17. The van der Waals surface area contributed by atoms with Gasteiger partial charge < -0.3 is 0 Å². The normalized spacial score (nSPS) is 42.7. The van der Waals surface area contributed by atoms with Gasteiger partial charge in [-0.25, -0.2) is 0 Å². The second-order valence-electron chi connectivity index (χ2n) is 3.45. The van der Waals surface area contributed by atoms with Gasteiger partial charge in [0.2, 0.25) is 0 Å². The number of hydrogen-bond acceptors (Lipinski definition) is 1. The molecule has 0 aliphatic carbocycles. The molecule has 2 heterocycles. The van der Waals surface area contributed by atoms with Crippen LogP contribution in [0.2, 0.25) is 0 Å². The molecule has 0 aromatic heterocycles. The summed E-state index contributed by atoms with van der Waals surface area (Å²) in [6.45, 7) is 4.19. The third-order valence-electron chi connectivity index (χ3n) is 2.69. The van der Waals surface area contributed by atoms with Gasteiger partial charge in [0.25, 0.3) is 0 Å². The number of fused-ring (bicyclic) bond motifs is 2. The summed E-state index contributed by atoms with van der Waals surface area (Å²) in [7, 11) is 0. The maximum absolute atomic E-state index is 2.62. The Morgan fingerprint density at radius 3 is 2.11 bits per heavy atom. The molecule has 2 rings (SSSR count). The molecule has 9 heavy (non-hydrogen) atoms. The van der Waals surface area contributed by atoms with Crippen molar-refractivity contribution in [3.05, 3.63) is 0 Å². The second-order valence-corrected chi connectivity index (χ2v) is 3.45. The Morgan fingerprint density at radius 1 is 1.00 bits per heavy atom. The molecule has 0 aromatic rings. The minimum atomic E-state index is 1.08. The fraction of sp³-hybridized carbons (Fsp3) is 1.00. The van der Waals surface area contributed by atoms with E-state index >= 15 is 0 Å². The van der Waals surface area contributed by atoms with Gasteiger partial charge in [-0.05, 0) is 12.8 Å². The molecule has 0 unspecified atom stereocenters. The molecule has 2 saturated heterocycles. The van der Waals surface area contributed by atoms with E-state index in [-0.39, 0.29) is 0 Å². The number of nitrogens with zero attached hydrogens (tertiary/aromatic N) is 1. The molecule has 1 nitrogen and oxygen atoms in total. The van der Waals surface area contributed by atoms with E-state index in [0.29, 0.717) is 0 Å². The maximum atomic E-state index is 2.62. The van der Waals surface area contributed by atoms with E-state index in [1.807, 2.05) is 0 Å². The first kappa shape index (κ1) is 5.72. The highest BCUT2D eigenvalue weighted by Crippen LogP contribution is 2.23. The summed E-state index contributed by atoms with van der Waals surface area (Å²) in [5, 5.41) is 0. The summed E-state index contributed by atoms with van der Waals surface area (Å²) in [4.78, 5) is 2.62. The molecule has 1 heteroatoms. The van der Waals surface area contributed by atoms with Crippen molar-refractivity contribution in [1.29, 1.82) is 0 Å². The predicted molar refractivity (Wildman–Crippen MR) is 38.7 cm³/mol. The van der Waals surface area contributed by atoms with Crippen LogP contribution in [0.5, 0.6) is 0 Å². The Kier molecular flexibility index (Phi) is 1.46. The molecule has 2 fully saturated rings. The lowest BCUT2D eigenvalue weighted by molar-refractivity contribution is 0.204. The van der Waals surface area contributed by atoms with Crippen LogP contribution >= 0.6 is 0 Å². The molecule has 0 spiro atoms. The second kappa shape index (κ2) is 2.30. The quantitative estimate of drug-likeness (QED) is 0.431. The number of rotatable bonds is 0. The highest BCUT2D eigenvalue weighted by molar-refractivity contribution is 4.81. The van der Waals surface area contributed by atoms with Crippen molar-refractivity contribution in [1.82, 2.24) is 4.90 Å². The van der Waals surface area contributed by atoms with Gasteiger partial charge in [0, 0.05) is 18.8 Å². The van der Waals surface area contributed by atoms with Gasteiger partial charge in [-0.2, -0.15) is 4.90 Å². The van der Waals surface area contributed by atoms with Crippen molar-refractivity contribution in [2.45, 2.75) is 25.7 Å². The van der Waals surface area contributed by atoms with E-state index in [1.54, 1.807) is 0 Å². The highest BCUT2D eigenvalue weighted by atomic mass is 15.1. The van der Waals surface area contributed by atoms with E-state index < -0.39 is 0 Å². The van der Waals surface area contributed by atoms with Crippen LogP contribution in [0.3, 0.4) is 0 Å². The van der Waals surface area contributed by atoms with Gasteiger partial charge in [0.15, 0.2) is 0 Å². The number of hydrogen-bond donors (Lipinski definition) is 0. The fourth-order valence-corrected chi connectivity index (χ4v) is 2.19. The van der Waals surface area contributed by atoms with Crippen LogP contribution in [0.1, 0.15) is 25.7 Å². The highest BCUT2D eigenvalue weighted by Gasteiger charge is 2.30. The van der Waals surface area contributed by atoms with Crippen LogP contribution in [-0.4, -0.2) is 19.6 Å². The Morgan fingerprint density at radius 2 is 1.67 bits per heavy atom. The van der Waals surface area contributed by atoms with Crippen molar-refractivity contribution in [3.8, 4) is 0 Å². The molecule has 0 amide bonds. The van der Waals surface area contributed by atoms with Gasteiger partial charge in [-0.3, -0.25) is 0 Å². The lowest BCUT2D eigenvalue weighted by Gasteiger charge is -2.29. The lowest BCUT2D eigenvalue weighted by atomic mass is 9.90. The standard InChI is InChI=1S/C8H15N/c1-3-8-4-2-6-9(5-1)7-8/h8H,1-7H2/q+1. The average molecular weight is 125 g/mol. The Hall–Kier alpha value is -0.0400. The van der Waals surface area contributed by atoms with Crippen LogP contribution in [0, 0.1) is 5.92 Å². The average Bonchev–Trinajstić information content (AvgIpc) is 1.88. The van der Waals surface area contributed by atoms with Crippen LogP contribution in [0.15, 0.2) is 0 Å². The third kappa shape index (κ3) is 1.11. The van der Waals surface area contributed by atoms with E-state index in [4.69, 9.17) is 0 Å². The predicted octanol–water partition coefficient (Wildman–Crippen LogP) is 1.33. The summed E-state index contributed by atoms with van der Waals surface area (Å²) < 4.78 is 0. The zero-order valence-corrected chi connectivity index (χ0v) is 5.97. The van der Waals surface area contributed by atoms with Crippen molar-refractivity contribution in [2.24, 2.45) is 5.92 Å². The van der Waals surface area contributed by atoms with Crippen LogP contribution in [0.25, 0.3) is 0 Å². The molecule has 2 aliphatic rings.